The molecule has 2 amide bonds. The quantitative estimate of drug-likeness (QED) is 0.332. The molecule has 0 unspecified atom stereocenters. The molecule has 2 aromatic carbocycles. The summed E-state index contributed by atoms with van der Waals surface area (Å²) in [6, 6.07) is 10.5. The van der Waals surface area contributed by atoms with E-state index in [2.05, 4.69) is 15.6 Å². The van der Waals surface area contributed by atoms with Gasteiger partial charge in [0, 0.05) is 34.6 Å². The zero-order valence-corrected chi connectivity index (χ0v) is 17.2. The molecule has 0 fully saturated rings. The number of benzene rings is 2. The number of fused-ring (bicyclic) bond motifs is 1. The molecule has 30 heavy (non-hydrogen) atoms. The maximum Gasteiger partial charge on any atom is 0.416 e. The van der Waals surface area contributed by atoms with Crippen LogP contribution in [0, 0.1) is 0 Å². The number of anilines is 1. The number of unbranched alkanes of at least 4 members (excludes halogenated alkanes) is 1. The van der Waals surface area contributed by atoms with Crippen molar-refractivity contribution in [3.8, 4) is 0 Å². The monoisotopic (exact) mass is 433 g/mol. The van der Waals surface area contributed by atoms with Crippen molar-refractivity contribution in [2.45, 2.75) is 37.4 Å². The molecule has 3 aromatic rings. The molecule has 1 aromatic heterocycles. The Balaban J connectivity index is 1.71. The molecule has 0 aliphatic carbocycles. The number of thioether (sulfide) groups is 1. The van der Waals surface area contributed by atoms with Gasteiger partial charge in [0.15, 0.2) is 0 Å². The van der Waals surface area contributed by atoms with Gasteiger partial charge in [0.1, 0.15) is 0 Å². The number of rotatable bonds is 7. The van der Waals surface area contributed by atoms with E-state index in [1.54, 1.807) is 18.5 Å². The van der Waals surface area contributed by atoms with Gasteiger partial charge >= 0.3 is 12.2 Å². The third kappa shape index (κ3) is 5.66. The van der Waals surface area contributed by atoms with Crippen LogP contribution in [-0.2, 0) is 12.7 Å². The Morgan fingerprint density at radius 2 is 2.00 bits per heavy atom. The summed E-state index contributed by atoms with van der Waals surface area (Å²) < 4.78 is 39.2. The lowest BCUT2D eigenvalue weighted by Gasteiger charge is -2.15. The number of amides is 2. The maximum absolute atomic E-state index is 13.1. The van der Waals surface area contributed by atoms with E-state index in [0.29, 0.717) is 16.1 Å². The van der Waals surface area contributed by atoms with Gasteiger partial charge in [0.25, 0.3) is 0 Å². The number of pyridine rings is 1. The summed E-state index contributed by atoms with van der Waals surface area (Å²) in [7, 11) is 0. The third-order valence-electron chi connectivity index (χ3n) is 4.52. The van der Waals surface area contributed by atoms with Crippen LogP contribution in [0.3, 0.4) is 0 Å². The highest BCUT2D eigenvalue weighted by Crippen LogP contribution is 2.34. The Morgan fingerprint density at radius 1 is 1.17 bits per heavy atom. The number of aromatic nitrogens is 1. The number of nitrogens with one attached hydrogen (secondary N) is 2. The molecule has 0 radical (unpaired) electrons. The lowest BCUT2D eigenvalue weighted by Crippen LogP contribution is -2.28. The third-order valence-corrected chi connectivity index (χ3v) is 5.70. The van der Waals surface area contributed by atoms with Crippen LogP contribution < -0.4 is 10.6 Å². The zero-order valence-electron chi connectivity index (χ0n) is 16.4. The Morgan fingerprint density at radius 3 is 2.77 bits per heavy atom. The summed E-state index contributed by atoms with van der Waals surface area (Å²) in [5.41, 5.74) is 0.609. The standard InChI is InChI=1S/C22H22F3N3OS/c1-2-3-11-30-20-12-17(22(23,24)25)8-7-16(20)14-27-21(29)28-19-6-4-5-15-13-26-10-9-18(15)19/h4-10,12-13H,2-3,11,14H2,1H3,(H2,27,28,29). The summed E-state index contributed by atoms with van der Waals surface area (Å²) >= 11 is 1.38. The first-order chi connectivity index (χ1) is 14.4. The minimum absolute atomic E-state index is 0.130. The van der Waals surface area contributed by atoms with E-state index in [9.17, 15) is 18.0 Å². The molecule has 0 aliphatic rings. The van der Waals surface area contributed by atoms with E-state index in [4.69, 9.17) is 0 Å². The van der Waals surface area contributed by atoms with Crippen molar-refractivity contribution in [2.24, 2.45) is 0 Å². The molecule has 0 saturated carbocycles. The van der Waals surface area contributed by atoms with E-state index < -0.39 is 17.8 Å². The largest absolute Gasteiger partial charge is 0.416 e. The number of urea groups is 1. The highest BCUT2D eigenvalue weighted by atomic mass is 32.2. The highest BCUT2D eigenvalue weighted by molar-refractivity contribution is 7.99. The molecular weight excluding hydrogens is 411 g/mol. The molecule has 0 saturated heterocycles. The van der Waals surface area contributed by atoms with Crippen LogP contribution in [0.25, 0.3) is 10.8 Å². The number of alkyl halides is 3. The molecule has 3 rings (SSSR count). The van der Waals surface area contributed by atoms with E-state index >= 15 is 0 Å². The second kappa shape index (κ2) is 9.84. The molecule has 1 heterocycles. The lowest BCUT2D eigenvalue weighted by molar-refractivity contribution is -0.137. The molecule has 0 aliphatic heterocycles. The predicted molar refractivity (Wildman–Crippen MR) is 115 cm³/mol. The van der Waals surface area contributed by atoms with Crippen molar-refractivity contribution in [1.29, 1.82) is 0 Å². The minimum Gasteiger partial charge on any atom is -0.334 e. The summed E-state index contributed by atoms with van der Waals surface area (Å²) in [6.45, 7) is 2.16. The second-order valence-corrected chi connectivity index (χ2v) is 7.87. The number of hydrogen-bond donors (Lipinski definition) is 2. The molecule has 0 spiro atoms. The number of hydrogen-bond acceptors (Lipinski definition) is 3. The van der Waals surface area contributed by atoms with Crippen molar-refractivity contribution in [3.05, 3.63) is 66.0 Å². The normalized spacial score (nSPS) is 11.5. The fourth-order valence-corrected chi connectivity index (χ4v) is 4.10. The Labute approximate surface area is 177 Å². The summed E-state index contributed by atoms with van der Waals surface area (Å²) in [5.74, 6) is 0.723. The van der Waals surface area contributed by atoms with Crippen LogP contribution in [0.4, 0.5) is 23.7 Å². The van der Waals surface area contributed by atoms with Crippen molar-refractivity contribution >= 4 is 34.3 Å². The van der Waals surface area contributed by atoms with Gasteiger partial charge < -0.3 is 10.6 Å². The van der Waals surface area contributed by atoms with E-state index in [1.807, 2.05) is 25.1 Å². The molecule has 4 nitrogen and oxygen atoms in total. The number of halogens is 3. The van der Waals surface area contributed by atoms with Crippen LogP contribution in [0.1, 0.15) is 30.9 Å². The van der Waals surface area contributed by atoms with Crippen LogP contribution in [0.5, 0.6) is 0 Å². The van der Waals surface area contributed by atoms with Gasteiger partial charge in [0.2, 0.25) is 0 Å². The average molecular weight is 433 g/mol. The molecule has 8 heteroatoms. The zero-order chi connectivity index (χ0) is 21.6. The summed E-state index contributed by atoms with van der Waals surface area (Å²) in [6.07, 6.45) is 0.827. The van der Waals surface area contributed by atoms with E-state index in [1.165, 1.54) is 17.8 Å². The van der Waals surface area contributed by atoms with Crippen molar-refractivity contribution in [3.63, 3.8) is 0 Å². The summed E-state index contributed by atoms with van der Waals surface area (Å²) in [5, 5.41) is 7.29. The van der Waals surface area contributed by atoms with Gasteiger partial charge in [-0.25, -0.2) is 4.79 Å². The van der Waals surface area contributed by atoms with Gasteiger partial charge in [-0.3, -0.25) is 4.98 Å². The number of carbonyl (C=O) groups excluding carboxylic acids is 1. The lowest BCUT2D eigenvalue weighted by atomic mass is 10.1. The van der Waals surface area contributed by atoms with Crippen molar-refractivity contribution < 1.29 is 18.0 Å². The van der Waals surface area contributed by atoms with Gasteiger partial charge in [-0.05, 0) is 42.0 Å². The fourth-order valence-electron chi connectivity index (χ4n) is 2.91. The highest BCUT2D eigenvalue weighted by Gasteiger charge is 2.31. The molecule has 158 valence electrons. The molecule has 2 N–H and O–H groups in total. The Kier molecular flexibility index (Phi) is 7.20. The number of carbonyl (C=O) groups is 1. The van der Waals surface area contributed by atoms with Crippen LogP contribution in [0.2, 0.25) is 0 Å². The average Bonchev–Trinajstić information content (AvgIpc) is 2.72. The SMILES string of the molecule is CCCCSc1cc(C(F)(F)F)ccc1CNC(=O)Nc1cccc2cnccc12. The number of nitrogens with zero attached hydrogens (tertiary/aromatic N) is 1. The van der Waals surface area contributed by atoms with E-state index in [-0.39, 0.29) is 6.54 Å². The predicted octanol–water partition coefficient (Wildman–Crippen LogP) is 6.47. The topological polar surface area (TPSA) is 54.0 Å². The summed E-state index contributed by atoms with van der Waals surface area (Å²) in [4.78, 5) is 17.0. The van der Waals surface area contributed by atoms with Crippen molar-refractivity contribution in [2.75, 3.05) is 11.1 Å². The van der Waals surface area contributed by atoms with Gasteiger partial charge in [-0.15, -0.1) is 11.8 Å². The van der Waals surface area contributed by atoms with Crippen LogP contribution in [0.15, 0.2) is 59.8 Å². The van der Waals surface area contributed by atoms with Crippen LogP contribution >= 0.6 is 11.8 Å². The minimum atomic E-state index is -4.40. The van der Waals surface area contributed by atoms with Gasteiger partial charge in [-0.2, -0.15) is 13.2 Å². The van der Waals surface area contributed by atoms with Crippen molar-refractivity contribution in [1.82, 2.24) is 10.3 Å². The first kappa shape index (κ1) is 22.0. The second-order valence-electron chi connectivity index (χ2n) is 6.73. The maximum atomic E-state index is 13.1. The van der Waals surface area contributed by atoms with Gasteiger partial charge in [-0.1, -0.05) is 31.5 Å². The smallest absolute Gasteiger partial charge is 0.334 e. The molecular formula is C22H22F3N3OS. The molecule has 0 atom stereocenters. The Bertz CT molecular complexity index is 1020. The first-order valence-corrected chi connectivity index (χ1v) is 10.6. The molecule has 0 bridgehead atoms. The van der Waals surface area contributed by atoms with E-state index in [0.717, 1.165) is 41.5 Å². The van der Waals surface area contributed by atoms with Gasteiger partial charge in [0.05, 0.1) is 11.3 Å². The first-order valence-electron chi connectivity index (χ1n) is 9.59. The van der Waals surface area contributed by atoms with Crippen LogP contribution in [-0.4, -0.2) is 16.8 Å². The Hall–Kier alpha value is -2.74. The fraction of sp³-hybridized carbons (Fsp3) is 0.273.